The van der Waals surface area contributed by atoms with Gasteiger partial charge in [0.2, 0.25) is 0 Å². The lowest BCUT2D eigenvalue weighted by Crippen LogP contribution is -2.13. The summed E-state index contributed by atoms with van der Waals surface area (Å²) in [5, 5.41) is 4.38. The summed E-state index contributed by atoms with van der Waals surface area (Å²) in [4.78, 5) is 8.29. The van der Waals surface area contributed by atoms with Crippen molar-refractivity contribution in [1.82, 2.24) is 15.1 Å². The fourth-order valence-corrected chi connectivity index (χ4v) is 1.26. The van der Waals surface area contributed by atoms with Gasteiger partial charge < -0.3 is 4.52 Å². The van der Waals surface area contributed by atoms with Crippen molar-refractivity contribution in [1.29, 1.82) is 0 Å². The van der Waals surface area contributed by atoms with Crippen LogP contribution >= 0.6 is 11.6 Å². The van der Waals surface area contributed by atoms with Gasteiger partial charge in [-0.1, -0.05) is 37.5 Å². The minimum atomic E-state index is -0.123. The lowest BCUT2D eigenvalue weighted by Gasteiger charge is -2.10. The summed E-state index contributed by atoms with van der Waals surface area (Å²) < 4.78 is 5.17. The summed E-state index contributed by atoms with van der Waals surface area (Å²) in [5.74, 6) is 1.14. The van der Waals surface area contributed by atoms with Crippen molar-refractivity contribution in [3.05, 3.63) is 29.3 Å². The third-order valence-corrected chi connectivity index (χ3v) is 2.29. The Morgan fingerprint density at radius 3 is 2.50 bits per heavy atom. The van der Waals surface area contributed by atoms with Gasteiger partial charge in [-0.25, -0.2) is 4.98 Å². The van der Waals surface area contributed by atoms with Gasteiger partial charge in [0.05, 0.1) is 5.56 Å². The predicted octanol–water partition coefficient (Wildman–Crippen LogP) is 3.08. The maximum absolute atomic E-state index is 5.70. The first-order chi connectivity index (χ1) is 7.47. The van der Waals surface area contributed by atoms with Gasteiger partial charge in [0.25, 0.3) is 5.89 Å². The van der Waals surface area contributed by atoms with Crippen LogP contribution in [0.5, 0.6) is 0 Å². The van der Waals surface area contributed by atoms with E-state index in [1.54, 1.807) is 18.3 Å². The number of halogens is 1. The highest BCUT2D eigenvalue weighted by Gasteiger charge is 2.21. The molecule has 0 aliphatic carbocycles. The van der Waals surface area contributed by atoms with E-state index in [2.05, 4.69) is 15.1 Å². The second kappa shape index (κ2) is 3.87. The molecular weight excluding hydrogens is 226 g/mol. The molecule has 0 atom stereocenters. The molecule has 0 bridgehead atoms. The van der Waals surface area contributed by atoms with Gasteiger partial charge in [-0.15, -0.1) is 0 Å². The van der Waals surface area contributed by atoms with Crippen LogP contribution in [0.2, 0.25) is 5.15 Å². The normalized spacial score (nSPS) is 11.8. The predicted molar refractivity (Wildman–Crippen MR) is 61.2 cm³/mol. The number of nitrogens with zero attached hydrogens (tertiary/aromatic N) is 3. The largest absolute Gasteiger partial charge is 0.334 e. The molecule has 2 aromatic heterocycles. The van der Waals surface area contributed by atoms with E-state index in [0.29, 0.717) is 16.9 Å². The van der Waals surface area contributed by atoms with E-state index < -0.39 is 0 Å². The molecule has 0 unspecified atom stereocenters. The molecule has 2 heterocycles. The van der Waals surface area contributed by atoms with E-state index in [1.165, 1.54) is 0 Å². The average molecular weight is 238 g/mol. The van der Waals surface area contributed by atoms with Gasteiger partial charge in [0.1, 0.15) is 5.15 Å². The molecule has 0 spiro atoms. The third kappa shape index (κ3) is 2.22. The smallest absolute Gasteiger partial charge is 0.259 e. The zero-order valence-corrected chi connectivity index (χ0v) is 10.1. The number of hydrogen-bond acceptors (Lipinski definition) is 4. The topological polar surface area (TPSA) is 51.8 Å². The van der Waals surface area contributed by atoms with Crippen LogP contribution in [-0.2, 0) is 5.41 Å². The summed E-state index contributed by atoms with van der Waals surface area (Å²) in [6.07, 6.45) is 1.61. The zero-order chi connectivity index (χ0) is 11.8. The third-order valence-electron chi connectivity index (χ3n) is 2.07. The van der Waals surface area contributed by atoms with E-state index in [1.807, 2.05) is 20.8 Å². The number of pyridine rings is 1. The minimum Gasteiger partial charge on any atom is -0.334 e. The van der Waals surface area contributed by atoms with Crippen LogP contribution in [0.3, 0.4) is 0 Å². The second-order valence-corrected chi connectivity index (χ2v) is 4.93. The molecule has 0 N–H and O–H groups in total. The molecular formula is C11H12ClN3O. The molecule has 0 aliphatic rings. The van der Waals surface area contributed by atoms with Crippen LogP contribution in [0.4, 0.5) is 0 Å². The maximum atomic E-state index is 5.70. The monoisotopic (exact) mass is 237 g/mol. The van der Waals surface area contributed by atoms with Crippen LogP contribution < -0.4 is 0 Å². The Morgan fingerprint density at radius 2 is 2.00 bits per heavy atom. The Kier molecular flexibility index (Phi) is 2.68. The molecule has 0 aromatic carbocycles. The Balaban J connectivity index is 2.35. The van der Waals surface area contributed by atoms with E-state index in [0.717, 1.165) is 5.56 Å². The van der Waals surface area contributed by atoms with Crippen LogP contribution in [0.25, 0.3) is 11.5 Å². The van der Waals surface area contributed by atoms with Gasteiger partial charge in [-0.2, -0.15) is 4.98 Å². The SMILES string of the molecule is CC(C)(C)c1noc(-c2ccc(Cl)nc2)n1. The molecule has 5 heteroatoms. The highest BCUT2D eigenvalue weighted by Crippen LogP contribution is 2.23. The van der Waals surface area contributed by atoms with Crippen LogP contribution in [0.1, 0.15) is 26.6 Å². The quantitative estimate of drug-likeness (QED) is 0.716. The fourth-order valence-electron chi connectivity index (χ4n) is 1.15. The molecule has 0 amide bonds. The Labute approximate surface area is 98.7 Å². The number of rotatable bonds is 1. The van der Waals surface area contributed by atoms with Gasteiger partial charge in [0.15, 0.2) is 5.82 Å². The molecule has 0 aliphatic heterocycles. The molecule has 0 saturated carbocycles. The van der Waals surface area contributed by atoms with E-state index in [4.69, 9.17) is 16.1 Å². The Hall–Kier alpha value is -1.42. The summed E-state index contributed by atoms with van der Waals surface area (Å²) in [6, 6.07) is 3.49. The molecule has 2 rings (SSSR count). The van der Waals surface area contributed by atoms with Crippen molar-refractivity contribution >= 4 is 11.6 Å². The highest BCUT2D eigenvalue weighted by molar-refractivity contribution is 6.29. The number of hydrogen-bond donors (Lipinski definition) is 0. The van der Waals surface area contributed by atoms with Crippen molar-refractivity contribution in [3.63, 3.8) is 0 Å². The van der Waals surface area contributed by atoms with Crippen molar-refractivity contribution < 1.29 is 4.52 Å². The molecule has 0 radical (unpaired) electrons. The Morgan fingerprint density at radius 1 is 1.25 bits per heavy atom. The van der Waals surface area contributed by atoms with Gasteiger partial charge in [0, 0.05) is 11.6 Å². The first-order valence-corrected chi connectivity index (χ1v) is 5.31. The number of aromatic nitrogens is 3. The van der Waals surface area contributed by atoms with E-state index >= 15 is 0 Å². The van der Waals surface area contributed by atoms with Crippen molar-refractivity contribution in [2.75, 3.05) is 0 Å². The Bertz CT molecular complexity index is 485. The van der Waals surface area contributed by atoms with Gasteiger partial charge in [-0.05, 0) is 12.1 Å². The first-order valence-electron chi connectivity index (χ1n) is 4.93. The van der Waals surface area contributed by atoms with Crippen molar-refractivity contribution in [3.8, 4) is 11.5 Å². The minimum absolute atomic E-state index is 0.123. The lowest BCUT2D eigenvalue weighted by atomic mass is 9.96. The van der Waals surface area contributed by atoms with Gasteiger partial charge >= 0.3 is 0 Å². The molecule has 84 valence electrons. The van der Waals surface area contributed by atoms with Crippen molar-refractivity contribution in [2.24, 2.45) is 0 Å². The first kappa shape index (κ1) is 11.1. The molecule has 4 nitrogen and oxygen atoms in total. The fraction of sp³-hybridized carbons (Fsp3) is 0.364. The molecule has 0 fully saturated rings. The highest BCUT2D eigenvalue weighted by atomic mass is 35.5. The van der Waals surface area contributed by atoms with Crippen molar-refractivity contribution in [2.45, 2.75) is 26.2 Å². The second-order valence-electron chi connectivity index (χ2n) is 4.54. The molecule has 2 aromatic rings. The standard InChI is InChI=1S/C11H12ClN3O/c1-11(2,3)10-14-9(16-15-10)7-4-5-8(12)13-6-7/h4-6H,1-3H3. The summed E-state index contributed by atoms with van der Waals surface area (Å²) in [6.45, 7) is 6.09. The lowest BCUT2D eigenvalue weighted by molar-refractivity contribution is 0.402. The zero-order valence-electron chi connectivity index (χ0n) is 9.36. The van der Waals surface area contributed by atoms with E-state index in [9.17, 15) is 0 Å². The molecule has 0 saturated heterocycles. The van der Waals surface area contributed by atoms with E-state index in [-0.39, 0.29) is 5.41 Å². The summed E-state index contributed by atoms with van der Waals surface area (Å²) >= 11 is 5.70. The maximum Gasteiger partial charge on any atom is 0.259 e. The summed E-state index contributed by atoms with van der Waals surface area (Å²) in [7, 11) is 0. The average Bonchev–Trinajstić information content (AvgIpc) is 2.67. The summed E-state index contributed by atoms with van der Waals surface area (Å²) in [5.41, 5.74) is 0.647. The van der Waals surface area contributed by atoms with Gasteiger partial charge in [-0.3, -0.25) is 0 Å². The van der Waals surface area contributed by atoms with Crippen LogP contribution in [-0.4, -0.2) is 15.1 Å². The van der Waals surface area contributed by atoms with Crippen LogP contribution in [0.15, 0.2) is 22.9 Å². The molecule has 16 heavy (non-hydrogen) atoms. The van der Waals surface area contributed by atoms with Crippen LogP contribution in [0, 0.1) is 0 Å².